The van der Waals surface area contributed by atoms with Gasteiger partial charge in [-0.05, 0) is 48.8 Å². The fraction of sp³-hybridized carbons (Fsp3) is 0.625. The second-order valence-corrected chi connectivity index (χ2v) is 6.47. The summed E-state index contributed by atoms with van der Waals surface area (Å²) in [5.41, 5.74) is 15.0. The molecule has 1 fully saturated rings. The van der Waals surface area contributed by atoms with Crippen LogP contribution in [0.2, 0.25) is 5.02 Å². The van der Waals surface area contributed by atoms with Crippen molar-refractivity contribution < 1.29 is 4.74 Å². The molecule has 0 radical (unpaired) electrons. The van der Waals surface area contributed by atoms with Crippen LogP contribution in [-0.2, 0) is 0 Å². The predicted molar refractivity (Wildman–Crippen MR) is 84.5 cm³/mol. The van der Waals surface area contributed by atoms with Gasteiger partial charge in [0.2, 0.25) is 0 Å². The van der Waals surface area contributed by atoms with Crippen molar-refractivity contribution in [2.45, 2.75) is 45.6 Å². The normalized spacial score (nSPS) is 16.6. The number of benzene rings is 1. The number of rotatable bonds is 6. The van der Waals surface area contributed by atoms with Crippen LogP contribution in [0.15, 0.2) is 6.07 Å². The Bertz CT molecular complexity index is 484. The van der Waals surface area contributed by atoms with Crippen LogP contribution in [0, 0.1) is 12.8 Å². The molecule has 0 bridgehead atoms. The SMILES string of the molecule is Cc1c(Cl)cc(C(C)C)c(OCC2CC2)c1C(N)CN. The first-order valence-corrected chi connectivity index (χ1v) is 7.74. The summed E-state index contributed by atoms with van der Waals surface area (Å²) in [4.78, 5) is 0. The molecule has 0 aliphatic heterocycles. The first-order valence-electron chi connectivity index (χ1n) is 7.37. The van der Waals surface area contributed by atoms with Crippen molar-refractivity contribution >= 4 is 11.6 Å². The molecule has 20 heavy (non-hydrogen) atoms. The Hall–Kier alpha value is -0.770. The molecule has 1 aliphatic rings. The third kappa shape index (κ3) is 3.27. The molecule has 0 saturated heterocycles. The third-order valence-electron chi connectivity index (χ3n) is 3.96. The van der Waals surface area contributed by atoms with Crippen LogP contribution >= 0.6 is 11.6 Å². The van der Waals surface area contributed by atoms with E-state index in [1.165, 1.54) is 12.8 Å². The van der Waals surface area contributed by atoms with Crippen LogP contribution in [0.4, 0.5) is 0 Å². The lowest BCUT2D eigenvalue weighted by atomic mass is 9.92. The van der Waals surface area contributed by atoms with Gasteiger partial charge in [0.1, 0.15) is 5.75 Å². The summed E-state index contributed by atoms with van der Waals surface area (Å²) in [6.07, 6.45) is 2.53. The lowest BCUT2D eigenvalue weighted by Crippen LogP contribution is -2.23. The summed E-state index contributed by atoms with van der Waals surface area (Å²) in [6.45, 7) is 7.43. The summed E-state index contributed by atoms with van der Waals surface area (Å²) in [6, 6.07) is 1.77. The topological polar surface area (TPSA) is 61.3 Å². The summed E-state index contributed by atoms with van der Waals surface area (Å²) in [5, 5.41) is 0.742. The van der Waals surface area contributed by atoms with E-state index in [9.17, 15) is 0 Å². The zero-order valence-corrected chi connectivity index (χ0v) is 13.3. The maximum absolute atomic E-state index is 6.36. The van der Waals surface area contributed by atoms with Gasteiger partial charge < -0.3 is 16.2 Å². The minimum absolute atomic E-state index is 0.236. The van der Waals surface area contributed by atoms with Gasteiger partial charge in [0.15, 0.2) is 0 Å². The molecule has 2 rings (SSSR count). The highest BCUT2D eigenvalue weighted by atomic mass is 35.5. The Morgan fingerprint density at radius 3 is 2.55 bits per heavy atom. The monoisotopic (exact) mass is 296 g/mol. The molecular weight excluding hydrogens is 272 g/mol. The van der Waals surface area contributed by atoms with Crippen LogP contribution in [0.1, 0.15) is 55.3 Å². The van der Waals surface area contributed by atoms with E-state index >= 15 is 0 Å². The van der Waals surface area contributed by atoms with E-state index in [0.717, 1.165) is 34.1 Å². The summed E-state index contributed by atoms with van der Waals surface area (Å²) in [7, 11) is 0. The second-order valence-electron chi connectivity index (χ2n) is 6.07. The quantitative estimate of drug-likeness (QED) is 0.844. The maximum atomic E-state index is 6.36. The van der Waals surface area contributed by atoms with Crippen molar-refractivity contribution in [1.82, 2.24) is 0 Å². The Balaban J connectivity index is 2.47. The van der Waals surface area contributed by atoms with Crippen molar-refractivity contribution in [3.8, 4) is 5.75 Å². The standard InChI is InChI=1S/C16H25ClN2O/c1-9(2)12-6-13(17)10(3)15(14(19)7-18)16(12)20-8-11-4-5-11/h6,9,11,14H,4-5,7-8,18-19H2,1-3H3. The Morgan fingerprint density at radius 1 is 1.40 bits per heavy atom. The van der Waals surface area contributed by atoms with E-state index in [1.807, 2.05) is 13.0 Å². The molecule has 0 spiro atoms. The van der Waals surface area contributed by atoms with Gasteiger partial charge in [0.25, 0.3) is 0 Å². The van der Waals surface area contributed by atoms with Gasteiger partial charge in [-0.25, -0.2) is 0 Å². The highest BCUT2D eigenvalue weighted by Crippen LogP contribution is 2.40. The van der Waals surface area contributed by atoms with Crippen molar-refractivity contribution in [3.63, 3.8) is 0 Å². The molecule has 0 heterocycles. The molecule has 4 heteroatoms. The molecule has 0 amide bonds. The average Bonchev–Trinajstić information content (AvgIpc) is 3.22. The Kier molecular flexibility index (Phi) is 4.95. The highest BCUT2D eigenvalue weighted by Gasteiger charge is 2.26. The van der Waals surface area contributed by atoms with E-state index in [-0.39, 0.29) is 6.04 Å². The number of halogens is 1. The summed E-state index contributed by atoms with van der Waals surface area (Å²) < 4.78 is 6.12. The second kappa shape index (κ2) is 6.33. The lowest BCUT2D eigenvalue weighted by Gasteiger charge is -2.24. The first-order chi connectivity index (χ1) is 9.45. The van der Waals surface area contributed by atoms with E-state index < -0.39 is 0 Å². The van der Waals surface area contributed by atoms with Gasteiger partial charge in [0, 0.05) is 23.2 Å². The van der Waals surface area contributed by atoms with Gasteiger partial charge in [-0.3, -0.25) is 0 Å². The van der Waals surface area contributed by atoms with E-state index in [2.05, 4.69) is 13.8 Å². The molecule has 4 N–H and O–H groups in total. The Labute approximate surface area is 126 Å². The fourth-order valence-electron chi connectivity index (χ4n) is 2.40. The largest absolute Gasteiger partial charge is 0.493 e. The molecular formula is C16H25ClN2O. The van der Waals surface area contributed by atoms with E-state index in [1.54, 1.807) is 0 Å². The molecule has 1 unspecified atom stereocenters. The lowest BCUT2D eigenvalue weighted by molar-refractivity contribution is 0.291. The summed E-state index contributed by atoms with van der Waals surface area (Å²) in [5.74, 6) is 1.95. The van der Waals surface area contributed by atoms with Crippen LogP contribution in [0.25, 0.3) is 0 Å². The third-order valence-corrected chi connectivity index (χ3v) is 4.35. The van der Waals surface area contributed by atoms with Crippen LogP contribution < -0.4 is 16.2 Å². The van der Waals surface area contributed by atoms with Crippen LogP contribution in [0.3, 0.4) is 0 Å². The molecule has 1 saturated carbocycles. The van der Waals surface area contributed by atoms with Crippen LogP contribution in [-0.4, -0.2) is 13.2 Å². The van der Waals surface area contributed by atoms with E-state index in [4.69, 9.17) is 27.8 Å². The summed E-state index contributed by atoms with van der Waals surface area (Å²) >= 11 is 6.36. The van der Waals surface area contributed by atoms with Crippen LogP contribution in [0.5, 0.6) is 5.75 Å². The van der Waals surface area contributed by atoms with Crippen molar-refractivity contribution in [3.05, 3.63) is 27.8 Å². The molecule has 112 valence electrons. The number of nitrogens with two attached hydrogens (primary N) is 2. The van der Waals surface area contributed by atoms with E-state index in [0.29, 0.717) is 18.4 Å². The minimum atomic E-state index is -0.236. The van der Waals surface area contributed by atoms with Gasteiger partial charge >= 0.3 is 0 Å². The average molecular weight is 297 g/mol. The zero-order chi connectivity index (χ0) is 14.9. The number of hydrogen-bond donors (Lipinski definition) is 2. The van der Waals surface area contributed by atoms with Gasteiger partial charge in [-0.1, -0.05) is 25.4 Å². The van der Waals surface area contributed by atoms with Crippen molar-refractivity contribution in [2.24, 2.45) is 17.4 Å². The molecule has 1 aliphatic carbocycles. The minimum Gasteiger partial charge on any atom is -0.493 e. The number of hydrogen-bond acceptors (Lipinski definition) is 3. The number of ether oxygens (including phenoxy) is 1. The molecule has 0 aromatic heterocycles. The van der Waals surface area contributed by atoms with Gasteiger partial charge in [-0.2, -0.15) is 0 Å². The smallest absolute Gasteiger partial charge is 0.127 e. The van der Waals surface area contributed by atoms with Crippen molar-refractivity contribution in [2.75, 3.05) is 13.2 Å². The molecule has 3 nitrogen and oxygen atoms in total. The van der Waals surface area contributed by atoms with Gasteiger partial charge in [-0.15, -0.1) is 0 Å². The predicted octanol–water partition coefficient (Wildman–Crippen LogP) is 3.52. The highest BCUT2D eigenvalue weighted by molar-refractivity contribution is 6.31. The van der Waals surface area contributed by atoms with Gasteiger partial charge in [0.05, 0.1) is 6.61 Å². The molecule has 1 aromatic carbocycles. The first kappa shape index (κ1) is 15.6. The Morgan fingerprint density at radius 2 is 2.05 bits per heavy atom. The van der Waals surface area contributed by atoms with Crippen molar-refractivity contribution in [1.29, 1.82) is 0 Å². The molecule has 1 atom stereocenters. The molecule has 1 aromatic rings. The maximum Gasteiger partial charge on any atom is 0.127 e. The fourth-order valence-corrected chi connectivity index (χ4v) is 2.62. The zero-order valence-electron chi connectivity index (χ0n) is 12.6.